The first kappa shape index (κ1) is 15.8. The molecule has 6 heteroatoms. The first-order chi connectivity index (χ1) is 9.74. The summed E-state index contributed by atoms with van der Waals surface area (Å²) in [5.41, 5.74) is 1.15. The molecule has 1 aliphatic heterocycles. The van der Waals surface area contributed by atoms with Gasteiger partial charge in [-0.05, 0) is 45.4 Å². The first-order valence-electron chi connectivity index (χ1n) is 6.91. The van der Waals surface area contributed by atoms with E-state index < -0.39 is 18.1 Å². The number of aliphatic hydroxyl groups excluding tert-OH is 1. The molecule has 21 heavy (non-hydrogen) atoms. The molecule has 0 radical (unpaired) electrons. The molecule has 0 bridgehead atoms. The van der Waals surface area contributed by atoms with E-state index in [2.05, 4.69) is 10.6 Å². The van der Waals surface area contributed by atoms with Crippen molar-refractivity contribution in [2.75, 3.05) is 11.9 Å². The van der Waals surface area contributed by atoms with Crippen LogP contribution in [0.4, 0.5) is 5.69 Å². The van der Waals surface area contributed by atoms with Crippen LogP contribution in [0.25, 0.3) is 0 Å². The van der Waals surface area contributed by atoms with Crippen molar-refractivity contribution in [3.05, 3.63) is 23.8 Å². The van der Waals surface area contributed by atoms with E-state index >= 15 is 0 Å². The molecule has 2 atom stereocenters. The van der Waals surface area contributed by atoms with Crippen LogP contribution < -0.4 is 15.4 Å². The Labute approximate surface area is 124 Å². The number of carbonyl (C=O) groups excluding carboxylic acids is 1. The molecule has 0 saturated carbocycles. The lowest BCUT2D eigenvalue weighted by molar-refractivity contribution is -0.187. The maximum absolute atomic E-state index is 12.1. The molecular formula is C15H22N2O4. The van der Waals surface area contributed by atoms with Gasteiger partial charge in [0.05, 0.1) is 11.3 Å². The molecule has 1 aromatic carbocycles. The lowest BCUT2D eigenvalue weighted by Gasteiger charge is -2.26. The van der Waals surface area contributed by atoms with Crippen molar-refractivity contribution in [2.24, 2.45) is 0 Å². The Morgan fingerprint density at radius 2 is 2.19 bits per heavy atom. The average molecular weight is 294 g/mol. The summed E-state index contributed by atoms with van der Waals surface area (Å²) in [7, 11) is 0. The van der Waals surface area contributed by atoms with E-state index in [-0.39, 0.29) is 12.5 Å². The van der Waals surface area contributed by atoms with Gasteiger partial charge in [0.25, 0.3) is 0 Å². The summed E-state index contributed by atoms with van der Waals surface area (Å²) in [5.74, 6) is 0.355. The van der Waals surface area contributed by atoms with Crippen molar-refractivity contribution in [2.45, 2.75) is 45.8 Å². The van der Waals surface area contributed by atoms with Gasteiger partial charge in [0.1, 0.15) is 18.4 Å². The van der Waals surface area contributed by atoms with Gasteiger partial charge in [-0.15, -0.1) is 0 Å². The zero-order valence-corrected chi connectivity index (χ0v) is 12.8. The summed E-state index contributed by atoms with van der Waals surface area (Å²) in [5, 5.41) is 15.3. The van der Waals surface area contributed by atoms with Crippen molar-refractivity contribution in [1.82, 2.24) is 5.32 Å². The van der Waals surface area contributed by atoms with Crippen LogP contribution in [-0.2, 0) is 9.53 Å². The summed E-state index contributed by atoms with van der Waals surface area (Å²) in [4.78, 5) is 12.1. The smallest absolute Gasteiger partial charge is 0.245 e. The van der Waals surface area contributed by atoms with Crippen molar-refractivity contribution in [3.63, 3.8) is 0 Å². The largest absolute Gasteiger partial charge is 0.489 e. The lowest BCUT2D eigenvalue weighted by atomic mass is 10.2. The minimum absolute atomic E-state index is 0.118. The van der Waals surface area contributed by atoms with Crippen LogP contribution in [0.3, 0.4) is 0 Å². The highest BCUT2D eigenvalue weighted by molar-refractivity contribution is 5.97. The number of rotatable bonds is 3. The van der Waals surface area contributed by atoms with Crippen LogP contribution in [0.15, 0.2) is 18.2 Å². The van der Waals surface area contributed by atoms with E-state index in [1.165, 1.54) is 0 Å². The van der Waals surface area contributed by atoms with Crippen LogP contribution >= 0.6 is 0 Å². The van der Waals surface area contributed by atoms with Crippen molar-refractivity contribution in [1.29, 1.82) is 0 Å². The molecule has 2 rings (SSSR count). The number of hydrogen-bond donors (Lipinski definition) is 3. The second-order valence-electron chi connectivity index (χ2n) is 6.10. The van der Waals surface area contributed by atoms with Gasteiger partial charge in [0.2, 0.25) is 12.3 Å². The highest BCUT2D eigenvalue weighted by atomic mass is 16.6. The van der Waals surface area contributed by atoms with Gasteiger partial charge < -0.3 is 19.9 Å². The molecule has 1 amide bonds. The fourth-order valence-electron chi connectivity index (χ4n) is 1.99. The summed E-state index contributed by atoms with van der Waals surface area (Å²) >= 11 is 0. The van der Waals surface area contributed by atoms with Crippen LogP contribution in [0.5, 0.6) is 5.75 Å². The maximum atomic E-state index is 12.1. The van der Waals surface area contributed by atoms with Crippen molar-refractivity contribution >= 4 is 11.6 Å². The third-order valence-corrected chi connectivity index (χ3v) is 2.93. The van der Waals surface area contributed by atoms with E-state index in [1.54, 1.807) is 6.07 Å². The predicted octanol–water partition coefficient (Wildman–Crippen LogP) is 1.38. The second kappa shape index (κ2) is 6.01. The van der Waals surface area contributed by atoms with E-state index in [9.17, 15) is 9.90 Å². The van der Waals surface area contributed by atoms with E-state index in [0.717, 1.165) is 5.56 Å². The minimum atomic E-state index is -1.24. The summed E-state index contributed by atoms with van der Waals surface area (Å²) in [6.07, 6.45) is -1.24. The Bertz CT molecular complexity index is 525. The van der Waals surface area contributed by atoms with E-state index in [0.29, 0.717) is 11.4 Å². The number of ether oxygens (including phenoxy) is 2. The Morgan fingerprint density at radius 1 is 1.48 bits per heavy atom. The summed E-state index contributed by atoms with van der Waals surface area (Å²) in [6.45, 7) is 7.53. The quantitative estimate of drug-likeness (QED) is 0.734. The highest BCUT2D eigenvalue weighted by Crippen LogP contribution is 2.28. The van der Waals surface area contributed by atoms with Gasteiger partial charge in [0.15, 0.2) is 0 Å². The molecule has 3 N–H and O–H groups in total. The highest BCUT2D eigenvalue weighted by Gasteiger charge is 2.28. The number of amides is 1. The van der Waals surface area contributed by atoms with E-state index in [4.69, 9.17) is 9.47 Å². The molecular weight excluding hydrogens is 272 g/mol. The van der Waals surface area contributed by atoms with Crippen LogP contribution in [-0.4, -0.2) is 35.7 Å². The molecule has 0 saturated heterocycles. The molecule has 1 unspecified atom stereocenters. The van der Waals surface area contributed by atoms with E-state index in [1.807, 2.05) is 39.8 Å². The average Bonchev–Trinajstić information content (AvgIpc) is 2.48. The lowest BCUT2D eigenvalue weighted by Crippen LogP contribution is -2.50. The first-order valence-corrected chi connectivity index (χ1v) is 6.91. The van der Waals surface area contributed by atoms with Gasteiger partial charge >= 0.3 is 0 Å². The monoisotopic (exact) mass is 294 g/mol. The zero-order chi connectivity index (χ0) is 15.6. The summed E-state index contributed by atoms with van der Waals surface area (Å²) < 4.78 is 11.0. The van der Waals surface area contributed by atoms with Crippen LogP contribution in [0.1, 0.15) is 26.3 Å². The molecule has 0 aromatic heterocycles. The topological polar surface area (TPSA) is 79.8 Å². The molecule has 6 nitrogen and oxygen atoms in total. The standard InChI is InChI=1S/C15H22N2O4/c1-9-5-6-10-12(7-9)20-8-11(13(18)16-10)17-14(19)21-15(2,3)4/h5-7,11,14,17,19H,8H2,1-4H3,(H,16,18)/t11-,14?/m0/s1. The number of nitrogens with one attached hydrogen (secondary N) is 2. The normalized spacial score (nSPS) is 20.0. The SMILES string of the molecule is Cc1ccc2c(c1)OC[C@H](NC(O)OC(C)(C)C)C(=O)N2. The van der Waals surface area contributed by atoms with Gasteiger partial charge in [-0.1, -0.05) is 6.07 Å². The fourth-order valence-corrected chi connectivity index (χ4v) is 1.99. The third kappa shape index (κ3) is 4.42. The Kier molecular flexibility index (Phi) is 4.51. The second-order valence-corrected chi connectivity index (χ2v) is 6.10. The molecule has 0 spiro atoms. The number of carbonyl (C=O) groups is 1. The Hall–Kier alpha value is -1.63. The molecule has 1 aliphatic rings. The number of aryl methyl sites for hydroxylation is 1. The third-order valence-electron chi connectivity index (χ3n) is 2.93. The van der Waals surface area contributed by atoms with Crippen molar-refractivity contribution in [3.8, 4) is 5.75 Å². The van der Waals surface area contributed by atoms with Gasteiger partial charge in [0, 0.05) is 0 Å². The molecule has 1 aromatic rings. The molecule has 0 aliphatic carbocycles. The van der Waals surface area contributed by atoms with Crippen molar-refractivity contribution < 1.29 is 19.4 Å². The predicted molar refractivity (Wildman–Crippen MR) is 79.1 cm³/mol. The van der Waals surface area contributed by atoms with Gasteiger partial charge in [-0.2, -0.15) is 0 Å². The fraction of sp³-hybridized carbons (Fsp3) is 0.533. The number of aliphatic hydroxyl groups is 1. The zero-order valence-electron chi connectivity index (χ0n) is 12.8. The number of benzene rings is 1. The van der Waals surface area contributed by atoms with Crippen LogP contribution in [0.2, 0.25) is 0 Å². The van der Waals surface area contributed by atoms with Gasteiger partial charge in [-0.25, -0.2) is 0 Å². The maximum Gasteiger partial charge on any atom is 0.245 e. The number of fused-ring (bicyclic) bond motifs is 1. The van der Waals surface area contributed by atoms with Gasteiger partial charge in [-0.3, -0.25) is 10.1 Å². The Morgan fingerprint density at radius 3 is 2.86 bits per heavy atom. The Balaban J connectivity index is 2.03. The molecule has 1 heterocycles. The number of hydrogen-bond acceptors (Lipinski definition) is 5. The summed E-state index contributed by atoms with van der Waals surface area (Å²) in [6, 6.07) is 4.86. The van der Waals surface area contributed by atoms with Crippen LogP contribution in [0, 0.1) is 6.92 Å². The minimum Gasteiger partial charge on any atom is -0.489 e. The molecule has 0 fully saturated rings. The molecule has 116 valence electrons. The number of anilines is 1.